The standard InChI is InChI=1S/C23H27N5O3S/c1-23(6-7-23)31-17-3-2-16-14-24-22(19(16)12-17)20-13-21(26-15-25-20)27-8-10-28(11-9-27)32(29,30)18-4-5-18/h2-3,12-13,15,18H,4-11,14H2,1H3. The Balaban J connectivity index is 1.20. The third-order valence-electron chi connectivity index (χ3n) is 6.83. The number of benzene rings is 1. The topological polar surface area (TPSA) is 88.0 Å². The minimum absolute atomic E-state index is 0.0264. The number of aromatic nitrogens is 2. The molecule has 0 amide bonds. The molecule has 9 heteroatoms. The minimum atomic E-state index is -3.12. The van der Waals surface area contributed by atoms with Crippen LogP contribution >= 0.6 is 0 Å². The number of anilines is 1. The fourth-order valence-corrected chi connectivity index (χ4v) is 6.23. The Kier molecular flexibility index (Phi) is 4.55. The molecule has 2 aliphatic heterocycles. The van der Waals surface area contributed by atoms with Crippen LogP contribution in [-0.4, -0.2) is 65.4 Å². The number of ether oxygens (including phenoxy) is 1. The van der Waals surface area contributed by atoms with Gasteiger partial charge in [-0.15, -0.1) is 0 Å². The van der Waals surface area contributed by atoms with Crippen molar-refractivity contribution in [3.63, 3.8) is 0 Å². The molecule has 0 atom stereocenters. The zero-order valence-corrected chi connectivity index (χ0v) is 19.0. The van der Waals surface area contributed by atoms with Gasteiger partial charge in [-0.25, -0.2) is 18.4 Å². The monoisotopic (exact) mass is 453 g/mol. The summed E-state index contributed by atoms with van der Waals surface area (Å²) in [5.41, 5.74) is 3.87. The van der Waals surface area contributed by atoms with E-state index < -0.39 is 10.0 Å². The van der Waals surface area contributed by atoms with Crippen LogP contribution in [0.25, 0.3) is 0 Å². The Bertz CT molecular complexity index is 1200. The van der Waals surface area contributed by atoms with E-state index in [9.17, 15) is 8.42 Å². The molecule has 3 fully saturated rings. The highest BCUT2D eigenvalue weighted by molar-refractivity contribution is 7.90. The maximum Gasteiger partial charge on any atom is 0.217 e. The second-order valence-corrected chi connectivity index (χ2v) is 11.6. The lowest BCUT2D eigenvalue weighted by Gasteiger charge is -2.34. The number of nitrogens with zero attached hydrogens (tertiary/aromatic N) is 5. The van der Waals surface area contributed by atoms with Crippen LogP contribution < -0.4 is 9.64 Å². The van der Waals surface area contributed by atoms with E-state index in [-0.39, 0.29) is 10.9 Å². The van der Waals surface area contributed by atoms with E-state index >= 15 is 0 Å². The fraction of sp³-hybridized carbons (Fsp3) is 0.522. The van der Waals surface area contributed by atoms with Gasteiger partial charge < -0.3 is 9.64 Å². The first-order valence-corrected chi connectivity index (χ1v) is 12.8. The Morgan fingerprint density at radius 3 is 2.56 bits per heavy atom. The van der Waals surface area contributed by atoms with Crippen molar-refractivity contribution in [3.05, 3.63) is 47.4 Å². The smallest absolute Gasteiger partial charge is 0.217 e. The highest BCUT2D eigenvalue weighted by Gasteiger charge is 2.41. The van der Waals surface area contributed by atoms with E-state index in [1.54, 1.807) is 10.6 Å². The number of hydrogen-bond donors (Lipinski definition) is 0. The summed E-state index contributed by atoms with van der Waals surface area (Å²) in [5.74, 6) is 1.69. The fourth-order valence-electron chi connectivity index (χ4n) is 4.41. The molecule has 1 aromatic heterocycles. The average Bonchev–Trinajstić information content (AvgIpc) is 3.73. The van der Waals surface area contributed by atoms with Gasteiger partial charge in [0.1, 0.15) is 23.5 Å². The quantitative estimate of drug-likeness (QED) is 0.667. The molecule has 6 rings (SSSR count). The Hall–Kier alpha value is -2.52. The normalized spacial score (nSPS) is 22.4. The van der Waals surface area contributed by atoms with Crippen molar-refractivity contribution in [2.75, 3.05) is 31.1 Å². The molecule has 32 heavy (non-hydrogen) atoms. The van der Waals surface area contributed by atoms with Crippen LogP contribution in [0.3, 0.4) is 0 Å². The van der Waals surface area contributed by atoms with Crippen LogP contribution in [0.4, 0.5) is 5.82 Å². The minimum Gasteiger partial charge on any atom is -0.488 e. The van der Waals surface area contributed by atoms with Gasteiger partial charge >= 0.3 is 0 Å². The van der Waals surface area contributed by atoms with Gasteiger partial charge in [-0.05, 0) is 50.3 Å². The summed E-state index contributed by atoms with van der Waals surface area (Å²) in [4.78, 5) is 15.8. The Labute approximate surface area is 188 Å². The van der Waals surface area contributed by atoms with Gasteiger partial charge in [0.25, 0.3) is 0 Å². The van der Waals surface area contributed by atoms with E-state index in [0.29, 0.717) is 32.7 Å². The molecule has 0 N–H and O–H groups in total. The Morgan fingerprint density at radius 1 is 1.06 bits per heavy atom. The molecular formula is C23H27N5O3S. The van der Waals surface area contributed by atoms with E-state index in [1.165, 1.54) is 5.56 Å². The molecule has 1 aromatic carbocycles. The molecule has 2 aliphatic carbocycles. The molecule has 2 saturated carbocycles. The van der Waals surface area contributed by atoms with Crippen LogP contribution in [0.2, 0.25) is 0 Å². The molecule has 0 radical (unpaired) electrons. The molecule has 8 nitrogen and oxygen atoms in total. The first-order valence-electron chi connectivity index (χ1n) is 11.3. The molecule has 0 spiro atoms. The number of rotatable bonds is 6. The maximum atomic E-state index is 12.5. The SMILES string of the molecule is CC1(Oc2ccc3c(c2)C(c2cc(N4CCN(S(=O)(=O)C5CC5)CC4)ncn2)=NC3)CC1. The number of hydrogen-bond acceptors (Lipinski definition) is 7. The highest BCUT2D eigenvalue weighted by Crippen LogP contribution is 2.40. The zero-order valence-electron chi connectivity index (χ0n) is 18.2. The summed E-state index contributed by atoms with van der Waals surface area (Å²) in [6, 6.07) is 8.17. The van der Waals surface area contributed by atoms with Gasteiger partial charge in [0.05, 0.1) is 23.2 Å². The Morgan fingerprint density at radius 2 is 1.84 bits per heavy atom. The van der Waals surface area contributed by atoms with Crippen LogP contribution in [0.5, 0.6) is 5.75 Å². The molecule has 0 unspecified atom stereocenters. The number of sulfonamides is 1. The van der Waals surface area contributed by atoms with E-state index in [0.717, 1.165) is 54.2 Å². The summed E-state index contributed by atoms with van der Waals surface area (Å²) in [7, 11) is -3.12. The molecule has 2 aromatic rings. The van der Waals surface area contributed by atoms with Gasteiger partial charge in [0.2, 0.25) is 10.0 Å². The van der Waals surface area contributed by atoms with E-state index in [4.69, 9.17) is 9.73 Å². The highest BCUT2D eigenvalue weighted by atomic mass is 32.2. The molecule has 4 aliphatic rings. The molecule has 3 heterocycles. The van der Waals surface area contributed by atoms with Crippen LogP contribution in [0.1, 0.15) is 49.4 Å². The maximum absolute atomic E-state index is 12.5. The first-order chi connectivity index (χ1) is 15.4. The van der Waals surface area contributed by atoms with Gasteiger partial charge in [-0.3, -0.25) is 4.99 Å². The zero-order chi connectivity index (χ0) is 21.9. The van der Waals surface area contributed by atoms with Gasteiger partial charge in [-0.1, -0.05) is 6.07 Å². The van der Waals surface area contributed by atoms with Crippen molar-refractivity contribution in [3.8, 4) is 5.75 Å². The molecule has 0 bridgehead atoms. The van der Waals surface area contributed by atoms with Crippen molar-refractivity contribution < 1.29 is 13.2 Å². The van der Waals surface area contributed by atoms with Gasteiger partial charge in [0, 0.05) is 37.8 Å². The summed E-state index contributed by atoms with van der Waals surface area (Å²) in [5, 5.41) is -0.156. The van der Waals surface area contributed by atoms with Gasteiger partial charge in [-0.2, -0.15) is 4.31 Å². The average molecular weight is 454 g/mol. The van der Waals surface area contributed by atoms with Crippen molar-refractivity contribution in [1.82, 2.24) is 14.3 Å². The summed E-state index contributed by atoms with van der Waals surface area (Å²) in [6.45, 7) is 5.04. The second kappa shape index (κ2) is 7.25. The number of aliphatic imine (C=N–C) groups is 1. The third kappa shape index (κ3) is 3.67. The molecule has 1 saturated heterocycles. The second-order valence-electron chi connectivity index (χ2n) is 9.43. The lowest BCUT2D eigenvalue weighted by molar-refractivity contribution is 0.200. The van der Waals surface area contributed by atoms with Crippen molar-refractivity contribution in [2.45, 2.75) is 50.0 Å². The molecule has 168 valence electrons. The third-order valence-corrected chi connectivity index (χ3v) is 9.22. The number of fused-ring (bicyclic) bond motifs is 1. The molecular weight excluding hydrogens is 426 g/mol. The predicted molar refractivity (Wildman–Crippen MR) is 122 cm³/mol. The van der Waals surface area contributed by atoms with Crippen LogP contribution in [-0.2, 0) is 16.6 Å². The summed E-state index contributed by atoms with van der Waals surface area (Å²) < 4.78 is 32.8. The van der Waals surface area contributed by atoms with E-state index in [2.05, 4.69) is 33.9 Å². The first kappa shape index (κ1) is 20.1. The summed E-state index contributed by atoms with van der Waals surface area (Å²) in [6.07, 6.45) is 5.36. The van der Waals surface area contributed by atoms with E-state index in [1.807, 2.05) is 12.1 Å². The lowest BCUT2D eigenvalue weighted by Crippen LogP contribution is -2.49. The summed E-state index contributed by atoms with van der Waals surface area (Å²) >= 11 is 0. The lowest BCUT2D eigenvalue weighted by atomic mass is 10.0. The van der Waals surface area contributed by atoms with Gasteiger partial charge in [0.15, 0.2) is 0 Å². The van der Waals surface area contributed by atoms with Crippen LogP contribution in [0, 0.1) is 0 Å². The van der Waals surface area contributed by atoms with Crippen molar-refractivity contribution in [1.29, 1.82) is 0 Å². The van der Waals surface area contributed by atoms with Crippen LogP contribution in [0.15, 0.2) is 35.6 Å². The largest absolute Gasteiger partial charge is 0.488 e. The van der Waals surface area contributed by atoms with Crippen molar-refractivity contribution in [2.24, 2.45) is 4.99 Å². The number of piperazine rings is 1. The predicted octanol–water partition coefficient (Wildman–Crippen LogP) is 2.37. The van der Waals surface area contributed by atoms with Crippen molar-refractivity contribution >= 4 is 21.6 Å².